The molecule has 0 amide bonds. The maximum Gasteiger partial charge on any atom is 0.235 e. The fourth-order valence-corrected chi connectivity index (χ4v) is 14.7. The van der Waals surface area contributed by atoms with Crippen LogP contribution < -0.4 is 15.5 Å². The molecule has 2 aliphatic rings. The lowest BCUT2D eigenvalue weighted by atomic mass is 9.90. The average molecular weight is 1200 g/mol. The maximum atomic E-state index is 5.51. The number of fused-ring (bicyclic) bond motifs is 12. The van der Waals surface area contributed by atoms with Gasteiger partial charge in [0, 0.05) is 77.4 Å². The number of aromatic nitrogens is 8. The van der Waals surface area contributed by atoms with Crippen molar-refractivity contribution in [3.8, 4) is 84.9 Å². The van der Waals surface area contributed by atoms with Gasteiger partial charge in [-0.1, -0.05) is 243 Å². The standard InChI is InChI=1S/C85H55N9/c1-5-22-57(23-6-1)72-53-73(87-84(86-72)93-76-38-19-15-34-66(76)70-49-78-68(51-80(70)93)64-32-13-17-36-74(64)91(78)62-30-11-4-12-31-62)61-29-21-28-60(48-61)56-42-40-54(41-43-56)55-44-46-63(47-45-55)92-75-37-18-14-33-65(75)69-52-81-71(50-79(69)92)67-35-16-20-39-77(67)94(81)85-89-82(58-24-7-2-8-25-58)88-83(90-85)59-26-9-3-10-27-59/h1-53,71,81H. The Morgan fingerprint density at radius 3 is 1.37 bits per heavy atom. The minimum absolute atomic E-state index is 0.0347. The molecule has 6 heterocycles. The normalized spacial score (nSPS) is 14.1. The molecule has 5 aromatic heterocycles. The number of anilines is 2. The van der Waals surface area contributed by atoms with Gasteiger partial charge in [-0.25, -0.2) is 15.0 Å². The SMILES string of the molecule is C1=c2c(n(-c3ccc(-c4ccc(-c5cccc(-c6cc(-c7ccccc7)nc(-n7c8ccccc8c8cc9c(cc87)c7ccccc7n9-c7ccccc7)n6)c5)cc4)cc3)c3ccccc23)=CC2c3ccccc3N(c3nc(-c4ccccc4)nc(-c4ccccc4)n3)C12. The van der Waals surface area contributed by atoms with E-state index in [4.69, 9.17) is 24.9 Å². The number of rotatable bonds is 10. The van der Waals surface area contributed by atoms with Gasteiger partial charge in [-0.3, -0.25) is 4.57 Å². The minimum Gasteiger partial charge on any atom is -0.310 e. The Hall–Kier alpha value is -12.6. The summed E-state index contributed by atoms with van der Waals surface area (Å²) in [7, 11) is 0. The molecule has 0 saturated heterocycles. The highest BCUT2D eigenvalue weighted by molar-refractivity contribution is 6.19. The molecule has 2 unspecified atom stereocenters. The third-order valence-corrected chi connectivity index (χ3v) is 19.1. The molecule has 440 valence electrons. The molecule has 12 aromatic carbocycles. The molecule has 9 heteroatoms. The number of hydrogen-bond donors (Lipinski definition) is 0. The number of hydrogen-bond acceptors (Lipinski definition) is 6. The smallest absolute Gasteiger partial charge is 0.235 e. The minimum atomic E-state index is -0.0777. The first-order valence-corrected chi connectivity index (χ1v) is 32.0. The van der Waals surface area contributed by atoms with Crippen LogP contribution >= 0.6 is 0 Å². The molecule has 0 fully saturated rings. The van der Waals surface area contributed by atoms with Crippen molar-refractivity contribution in [1.82, 2.24) is 38.6 Å². The summed E-state index contributed by atoms with van der Waals surface area (Å²) >= 11 is 0. The lowest BCUT2D eigenvalue weighted by molar-refractivity contribution is 0.775. The van der Waals surface area contributed by atoms with Gasteiger partial charge in [-0.2, -0.15) is 9.97 Å². The number of para-hydroxylation sites is 5. The Balaban J connectivity index is 0.664. The summed E-state index contributed by atoms with van der Waals surface area (Å²) < 4.78 is 7.08. The van der Waals surface area contributed by atoms with E-state index in [0.717, 1.165) is 111 Å². The van der Waals surface area contributed by atoms with Gasteiger partial charge >= 0.3 is 0 Å². The van der Waals surface area contributed by atoms with Crippen LogP contribution in [0.3, 0.4) is 0 Å². The van der Waals surface area contributed by atoms with Crippen LogP contribution in [0.5, 0.6) is 0 Å². The number of nitrogens with zero attached hydrogens (tertiary/aromatic N) is 9. The summed E-state index contributed by atoms with van der Waals surface area (Å²) in [6, 6.07) is 110. The Morgan fingerprint density at radius 2 is 0.734 bits per heavy atom. The Labute approximate surface area is 541 Å². The van der Waals surface area contributed by atoms with E-state index in [-0.39, 0.29) is 12.0 Å². The largest absolute Gasteiger partial charge is 0.310 e. The Kier molecular flexibility index (Phi) is 12.2. The molecule has 0 N–H and O–H groups in total. The lowest BCUT2D eigenvalue weighted by Crippen LogP contribution is -2.40. The van der Waals surface area contributed by atoms with E-state index < -0.39 is 0 Å². The van der Waals surface area contributed by atoms with Gasteiger partial charge in [0.05, 0.1) is 50.4 Å². The van der Waals surface area contributed by atoms with Crippen LogP contribution in [-0.4, -0.2) is 44.7 Å². The predicted molar refractivity (Wildman–Crippen MR) is 383 cm³/mol. The van der Waals surface area contributed by atoms with E-state index in [1.807, 2.05) is 36.4 Å². The van der Waals surface area contributed by atoms with Gasteiger partial charge in [-0.05, 0) is 107 Å². The second-order valence-electron chi connectivity index (χ2n) is 24.4. The molecule has 1 aliphatic carbocycles. The molecule has 19 rings (SSSR count). The molecule has 1 aliphatic heterocycles. The van der Waals surface area contributed by atoms with Crippen molar-refractivity contribution in [2.24, 2.45) is 0 Å². The fraction of sp³-hybridized carbons (Fsp3) is 0.0235. The average Bonchev–Trinajstić information content (AvgIpc) is 1.57. The third kappa shape index (κ3) is 8.66. The zero-order valence-corrected chi connectivity index (χ0v) is 50.8. The quantitative estimate of drug-likeness (QED) is 0.136. The summed E-state index contributed by atoms with van der Waals surface area (Å²) in [4.78, 5) is 28.8. The summed E-state index contributed by atoms with van der Waals surface area (Å²) in [5.41, 5.74) is 20.2. The first-order valence-electron chi connectivity index (χ1n) is 32.0. The Morgan fingerprint density at radius 1 is 0.266 bits per heavy atom. The van der Waals surface area contributed by atoms with Crippen molar-refractivity contribution in [1.29, 1.82) is 0 Å². The molecular weight excluding hydrogens is 1150 g/mol. The number of benzene rings is 12. The molecule has 94 heavy (non-hydrogen) atoms. The van der Waals surface area contributed by atoms with Crippen LogP contribution in [0, 0.1) is 0 Å². The van der Waals surface area contributed by atoms with Crippen LogP contribution in [0.25, 0.3) is 152 Å². The monoisotopic (exact) mass is 1200 g/mol. The van der Waals surface area contributed by atoms with E-state index in [2.05, 4.69) is 304 Å². The second-order valence-corrected chi connectivity index (χ2v) is 24.4. The van der Waals surface area contributed by atoms with E-state index in [1.165, 1.54) is 32.3 Å². The summed E-state index contributed by atoms with van der Waals surface area (Å²) in [6.45, 7) is 0. The molecule has 2 atom stereocenters. The highest BCUT2D eigenvalue weighted by Crippen LogP contribution is 2.48. The van der Waals surface area contributed by atoms with Gasteiger partial charge in [0.2, 0.25) is 11.9 Å². The fourth-order valence-electron chi connectivity index (χ4n) is 14.7. The van der Waals surface area contributed by atoms with Crippen LogP contribution in [0.1, 0.15) is 11.5 Å². The summed E-state index contributed by atoms with van der Waals surface area (Å²) in [5, 5.41) is 8.22. The van der Waals surface area contributed by atoms with Crippen molar-refractivity contribution in [3.63, 3.8) is 0 Å². The first kappa shape index (κ1) is 53.3. The van der Waals surface area contributed by atoms with Crippen LogP contribution in [0.4, 0.5) is 11.6 Å². The van der Waals surface area contributed by atoms with E-state index in [1.54, 1.807) is 0 Å². The highest BCUT2D eigenvalue weighted by Gasteiger charge is 2.40. The first-order chi connectivity index (χ1) is 46.6. The molecule has 0 saturated carbocycles. The van der Waals surface area contributed by atoms with Crippen LogP contribution in [0.15, 0.2) is 309 Å². The molecule has 17 aromatic rings. The molecular formula is C85H55N9. The topological polar surface area (TPSA) is 82.5 Å². The van der Waals surface area contributed by atoms with Gasteiger partial charge in [0.15, 0.2) is 11.6 Å². The third-order valence-electron chi connectivity index (χ3n) is 19.1. The van der Waals surface area contributed by atoms with E-state index in [9.17, 15) is 0 Å². The highest BCUT2D eigenvalue weighted by atomic mass is 15.3. The van der Waals surface area contributed by atoms with Gasteiger partial charge < -0.3 is 14.0 Å². The summed E-state index contributed by atoms with van der Waals surface area (Å²) in [6.07, 6.45) is 4.92. The van der Waals surface area contributed by atoms with E-state index >= 15 is 0 Å². The van der Waals surface area contributed by atoms with Crippen LogP contribution in [0.2, 0.25) is 0 Å². The zero-order valence-electron chi connectivity index (χ0n) is 50.8. The van der Waals surface area contributed by atoms with Crippen molar-refractivity contribution in [2.45, 2.75) is 12.0 Å². The molecule has 0 spiro atoms. The molecule has 9 nitrogen and oxygen atoms in total. The second kappa shape index (κ2) is 21.5. The Bertz CT molecular complexity index is 5920. The van der Waals surface area contributed by atoms with Crippen LogP contribution in [-0.2, 0) is 0 Å². The molecule has 0 bridgehead atoms. The lowest BCUT2D eigenvalue weighted by Gasteiger charge is -2.27. The van der Waals surface area contributed by atoms with Gasteiger partial charge in [0.25, 0.3) is 0 Å². The zero-order chi connectivity index (χ0) is 61.8. The van der Waals surface area contributed by atoms with Crippen molar-refractivity contribution < 1.29 is 0 Å². The van der Waals surface area contributed by atoms with Gasteiger partial charge in [0.1, 0.15) is 0 Å². The van der Waals surface area contributed by atoms with Crippen molar-refractivity contribution in [2.75, 3.05) is 4.90 Å². The summed E-state index contributed by atoms with van der Waals surface area (Å²) in [5.74, 6) is 2.56. The van der Waals surface area contributed by atoms with Gasteiger partial charge in [-0.15, -0.1) is 0 Å². The maximum absolute atomic E-state index is 5.51. The predicted octanol–water partition coefficient (Wildman–Crippen LogP) is 18.7. The molecule has 0 radical (unpaired) electrons. The van der Waals surface area contributed by atoms with Crippen molar-refractivity contribution in [3.05, 3.63) is 326 Å². The van der Waals surface area contributed by atoms with Crippen molar-refractivity contribution >= 4 is 78.3 Å². The van der Waals surface area contributed by atoms with E-state index in [0.29, 0.717) is 23.5 Å².